The van der Waals surface area contributed by atoms with Crippen molar-refractivity contribution in [1.29, 1.82) is 0 Å². The van der Waals surface area contributed by atoms with Gasteiger partial charge >= 0.3 is 0 Å². The van der Waals surface area contributed by atoms with Crippen LogP contribution in [0, 0.1) is 0 Å². The van der Waals surface area contributed by atoms with E-state index in [1.165, 1.54) is 17.0 Å². The Bertz CT molecular complexity index is 1450. The van der Waals surface area contributed by atoms with Crippen molar-refractivity contribution in [3.63, 3.8) is 0 Å². The molecule has 3 aromatic carbocycles. The Morgan fingerprint density at radius 3 is 2.17 bits per heavy atom. The molecule has 2 amide bonds. The standard InChI is InChI=1S/C32H39N3O6S/c1-4-24(3)33-32(37)28(5-2)34(19-18-25-12-8-6-9-13-25)31(36)23-35(42(38,39)27-14-10-7-11-15-27)26-16-17-29-30(22-26)41-21-20-40-29/h6-17,22,24,28H,4-5,18-21,23H2,1-3H3,(H,33,37)/t24-,28-/m0/s1. The summed E-state index contributed by atoms with van der Waals surface area (Å²) < 4.78 is 40.4. The monoisotopic (exact) mass is 593 g/mol. The van der Waals surface area contributed by atoms with Crippen molar-refractivity contribution < 1.29 is 27.5 Å². The number of nitrogens with one attached hydrogen (secondary N) is 1. The Balaban J connectivity index is 1.71. The number of sulfonamides is 1. The molecule has 9 nitrogen and oxygen atoms in total. The first-order chi connectivity index (χ1) is 20.2. The Morgan fingerprint density at radius 2 is 1.52 bits per heavy atom. The highest BCUT2D eigenvalue weighted by Gasteiger charge is 2.34. The van der Waals surface area contributed by atoms with Crippen molar-refractivity contribution in [3.8, 4) is 11.5 Å². The van der Waals surface area contributed by atoms with Crippen molar-refractivity contribution in [2.24, 2.45) is 0 Å². The number of ether oxygens (including phenoxy) is 2. The van der Waals surface area contributed by atoms with Crippen LogP contribution in [0.4, 0.5) is 5.69 Å². The van der Waals surface area contributed by atoms with E-state index in [4.69, 9.17) is 9.47 Å². The number of carbonyl (C=O) groups is 2. The van der Waals surface area contributed by atoms with Gasteiger partial charge in [-0.1, -0.05) is 62.4 Å². The molecule has 0 fully saturated rings. The molecule has 1 heterocycles. The van der Waals surface area contributed by atoms with Crippen LogP contribution in [0.2, 0.25) is 0 Å². The fourth-order valence-electron chi connectivity index (χ4n) is 4.77. The van der Waals surface area contributed by atoms with Gasteiger partial charge in [-0.2, -0.15) is 0 Å². The van der Waals surface area contributed by atoms with E-state index in [-0.39, 0.29) is 29.1 Å². The van der Waals surface area contributed by atoms with Crippen LogP contribution in [0.25, 0.3) is 0 Å². The summed E-state index contributed by atoms with van der Waals surface area (Å²) in [6.07, 6.45) is 1.63. The van der Waals surface area contributed by atoms with E-state index >= 15 is 0 Å². The summed E-state index contributed by atoms with van der Waals surface area (Å²) in [5.41, 5.74) is 1.27. The average Bonchev–Trinajstić information content (AvgIpc) is 3.02. The molecule has 1 N–H and O–H groups in total. The first-order valence-corrected chi connectivity index (χ1v) is 15.8. The van der Waals surface area contributed by atoms with E-state index in [1.807, 2.05) is 51.1 Å². The van der Waals surface area contributed by atoms with E-state index in [1.54, 1.807) is 36.4 Å². The summed E-state index contributed by atoms with van der Waals surface area (Å²) in [6, 6.07) is 21.6. The Hall–Kier alpha value is -4.05. The average molecular weight is 594 g/mol. The predicted molar refractivity (Wildman–Crippen MR) is 162 cm³/mol. The fourth-order valence-corrected chi connectivity index (χ4v) is 6.20. The van der Waals surface area contributed by atoms with Gasteiger partial charge in [-0.3, -0.25) is 13.9 Å². The maximum Gasteiger partial charge on any atom is 0.264 e. The van der Waals surface area contributed by atoms with Crippen LogP contribution >= 0.6 is 0 Å². The van der Waals surface area contributed by atoms with E-state index in [2.05, 4.69) is 5.32 Å². The quantitative estimate of drug-likeness (QED) is 0.315. The highest BCUT2D eigenvalue weighted by atomic mass is 32.2. The van der Waals surface area contributed by atoms with Gasteiger partial charge < -0.3 is 19.7 Å². The molecular formula is C32H39N3O6S. The van der Waals surface area contributed by atoms with Crippen molar-refractivity contribution >= 4 is 27.5 Å². The highest BCUT2D eigenvalue weighted by molar-refractivity contribution is 7.92. The molecule has 10 heteroatoms. The fraction of sp³-hybridized carbons (Fsp3) is 0.375. The maximum atomic E-state index is 14.2. The number of rotatable bonds is 13. The zero-order valence-corrected chi connectivity index (χ0v) is 25.2. The molecule has 0 bridgehead atoms. The van der Waals surface area contributed by atoms with Crippen molar-refractivity contribution in [2.75, 3.05) is 30.6 Å². The number of hydrogen-bond donors (Lipinski definition) is 1. The zero-order chi connectivity index (χ0) is 30.1. The molecule has 0 aromatic heterocycles. The minimum absolute atomic E-state index is 0.0464. The smallest absolute Gasteiger partial charge is 0.264 e. The second kappa shape index (κ2) is 14.2. The van der Waals surface area contributed by atoms with Crippen molar-refractivity contribution in [3.05, 3.63) is 84.4 Å². The molecule has 0 radical (unpaired) electrons. The van der Waals surface area contributed by atoms with Gasteiger partial charge in [-0.25, -0.2) is 8.42 Å². The topological polar surface area (TPSA) is 105 Å². The molecule has 224 valence electrons. The minimum Gasteiger partial charge on any atom is -0.486 e. The van der Waals surface area contributed by atoms with Gasteiger partial charge in [0.2, 0.25) is 11.8 Å². The summed E-state index contributed by atoms with van der Waals surface area (Å²) in [6.45, 7) is 6.21. The minimum atomic E-state index is -4.16. The molecule has 0 saturated carbocycles. The largest absolute Gasteiger partial charge is 0.486 e. The number of anilines is 1. The molecule has 2 atom stereocenters. The first kappa shape index (κ1) is 30.9. The summed E-state index contributed by atoms with van der Waals surface area (Å²) in [5.74, 6) is 0.168. The Morgan fingerprint density at radius 1 is 0.881 bits per heavy atom. The van der Waals surface area contributed by atoms with Gasteiger partial charge in [0.05, 0.1) is 10.6 Å². The molecule has 0 spiro atoms. The second-order valence-corrected chi connectivity index (χ2v) is 12.1. The lowest BCUT2D eigenvalue weighted by Crippen LogP contribution is -2.54. The molecule has 1 aliphatic rings. The van der Waals surface area contributed by atoms with Crippen molar-refractivity contribution in [1.82, 2.24) is 10.2 Å². The predicted octanol–water partition coefficient (Wildman–Crippen LogP) is 4.42. The lowest BCUT2D eigenvalue weighted by Gasteiger charge is -2.34. The van der Waals surface area contributed by atoms with E-state index in [9.17, 15) is 18.0 Å². The van der Waals surface area contributed by atoms with Crippen LogP contribution in [0.5, 0.6) is 11.5 Å². The number of nitrogens with zero attached hydrogens (tertiary/aromatic N) is 2. The SMILES string of the molecule is CC[C@H](C)NC(=O)[C@H](CC)N(CCc1ccccc1)C(=O)CN(c1ccc2c(c1)OCCO2)S(=O)(=O)c1ccccc1. The Labute approximate surface area is 248 Å². The normalized spacial score (nSPS) is 14.0. The lowest BCUT2D eigenvalue weighted by atomic mass is 10.1. The van der Waals surface area contributed by atoms with Crippen LogP contribution in [-0.4, -0.2) is 63.5 Å². The molecule has 0 unspecified atom stereocenters. The highest BCUT2D eigenvalue weighted by Crippen LogP contribution is 2.36. The van der Waals surface area contributed by atoms with Gasteiger partial charge in [-0.05, 0) is 56.0 Å². The number of amides is 2. The molecule has 1 aliphatic heterocycles. The summed E-state index contributed by atoms with van der Waals surface area (Å²) in [5, 5.41) is 2.99. The lowest BCUT2D eigenvalue weighted by molar-refractivity contribution is -0.139. The van der Waals surface area contributed by atoms with Gasteiger partial charge in [0, 0.05) is 18.7 Å². The van der Waals surface area contributed by atoms with Crippen LogP contribution < -0.4 is 19.1 Å². The van der Waals surface area contributed by atoms with Gasteiger partial charge in [0.15, 0.2) is 11.5 Å². The van der Waals surface area contributed by atoms with Crippen LogP contribution in [-0.2, 0) is 26.0 Å². The Kier molecular flexibility index (Phi) is 10.5. The summed E-state index contributed by atoms with van der Waals surface area (Å²) >= 11 is 0. The molecule has 0 aliphatic carbocycles. The number of benzene rings is 3. The molecule has 3 aromatic rings. The third-order valence-electron chi connectivity index (χ3n) is 7.29. The first-order valence-electron chi connectivity index (χ1n) is 14.4. The van der Waals surface area contributed by atoms with E-state index in [0.29, 0.717) is 37.6 Å². The second-order valence-electron chi connectivity index (χ2n) is 10.2. The van der Waals surface area contributed by atoms with Crippen LogP contribution in [0.1, 0.15) is 39.2 Å². The third-order valence-corrected chi connectivity index (χ3v) is 9.08. The van der Waals surface area contributed by atoms with Crippen LogP contribution in [0.3, 0.4) is 0 Å². The summed E-state index contributed by atoms with van der Waals surface area (Å²) in [4.78, 5) is 29.1. The van der Waals surface area contributed by atoms with Gasteiger partial charge in [-0.15, -0.1) is 0 Å². The molecule has 4 rings (SSSR count). The summed E-state index contributed by atoms with van der Waals surface area (Å²) in [7, 11) is -4.16. The van der Waals surface area contributed by atoms with Crippen molar-refractivity contribution in [2.45, 2.75) is 57.0 Å². The molecule has 0 saturated heterocycles. The number of hydrogen-bond acceptors (Lipinski definition) is 6. The van der Waals surface area contributed by atoms with Gasteiger partial charge in [0.25, 0.3) is 10.0 Å². The third kappa shape index (κ3) is 7.42. The molecule has 42 heavy (non-hydrogen) atoms. The number of fused-ring (bicyclic) bond motifs is 1. The zero-order valence-electron chi connectivity index (χ0n) is 24.4. The maximum absolute atomic E-state index is 14.2. The molecular weight excluding hydrogens is 554 g/mol. The van der Waals surface area contributed by atoms with E-state index in [0.717, 1.165) is 16.3 Å². The van der Waals surface area contributed by atoms with Crippen LogP contribution in [0.15, 0.2) is 83.8 Å². The van der Waals surface area contributed by atoms with Gasteiger partial charge in [0.1, 0.15) is 25.8 Å². The number of carbonyl (C=O) groups excluding carboxylic acids is 2. The van der Waals surface area contributed by atoms with E-state index < -0.39 is 28.5 Å².